The number of hydrogen-bond donors (Lipinski definition) is 1. The SMILES string of the molecule is COc1ccc(N2CCCC(NC3CC3)C2=O)cc1Cl. The number of nitrogens with zero attached hydrogens (tertiary/aromatic N) is 1. The number of benzene rings is 1. The summed E-state index contributed by atoms with van der Waals surface area (Å²) in [5.74, 6) is 0.789. The van der Waals surface area contributed by atoms with Crippen LogP contribution in [0.25, 0.3) is 0 Å². The third kappa shape index (κ3) is 2.76. The number of halogens is 1. The Bertz CT molecular complexity index is 517. The van der Waals surface area contributed by atoms with Gasteiger partial charge >= 0.3 is 0 Å². The Labute approximate surface area is 124 Å². The predicted octanol–water partition coefficient (Wildman–Crippen LogP) is 2.60. The molecule has 2 fully saturated rings. The molecular formula is C15H19ClN2O2. The van der Waals surface area contributed by atoms with E-state index >= 15 is 0 Å². The van der Waals surface area contributed by atoms with Gasteiger partial charge in [0.25, 0.3) is 0 Å². The van der Waals surface area contributed by atoms with E-state index in [1.54, 1.807) is 13.2 Å². The van der Waals surface area contributed by atoms with E-state index in [-0.39, 0.29) is 11.9 Å². The average molecular weight is 295 g/mol. The predicted molar refractivity (Wildman–Crippen MR) is 79.5 cm³/mol. The number of amides is 1. The highest BCUT2D eigenvalue weighted by molar-refractivity contribution is 6.32. The van der Waals surface area contributed by atoms with Gasteiger partial charge in [0.2, 0.25) is 5.91 Å². The Hall–Kier alpha value is -1.26. The Morgan fingerprint density at radius 2 is 2.15 bits per heavy atom. The van der Waals surface area contributed by atoms with E-state index in [9.17, 15) is 4.79 Å². The minimum absolute atomic E-state index is 0.0443. The van der Waals surface area contributed by atoms with Crippen molar-refractivity contribution in [1.29, 1.82) is 0 Å². The summed E-state index contributed by atoms with van der Waals surface area (Å²) in [4.78, 5) is 14.4. The van der Waals surface area contributed by atoms with Crippen LogP contribution in [-0.4, -0.2) is 31.6 Å². The Kier molecular flexibility index (Phi) is 3.85. The largest absolute Gasteiger partial charge is 0.495 e. The Balaban J connectivity index is 1.77. The second-order valence-corrected chi connectivity index (χ2v) is 5.85. The van der Waals surface area contributed by atoms with Crippen LogP contribution in [0.5, 0.6) is 5.75 Å². The van der Waals surface area contributed by atoms with Crippen molar-refractivity contribution >= 4 is 23.2 Å². The third-order valence-electron chi connectivity index (χ3n) is 3.90. The lowest BCUT2D eigenvalue weighted by atomic mass is 10.0. The molecule has 4 nitrogen and oxygen atoms in total. The molecule has 1 unspecified atom stereocenters. The highest BCUT2D eigenvalue weighted by Crippen LogP contribution is 2.31. The fraction of sp³-hybridized carbons (Fsp3) is 0.533. The van der Waals surface area contributed by atoms with Gasteiger partial charge < -0.3 is 15.0 Å². The number of ether oxygens (including phenoxy) is 1. The molecule has 0 bridgehead atoms. The molecule has 1 amide bonds. The van der Waals surface area contributed by atoms with Gasteiger partial charge in [-0.15, -0.1) is 0 Å². The zero-order valence-electron chi connectivity index (χ0n) is 11.6. The van der Waals surface area contributed by atoms with Crippen molar-refractivity contribution in [3.63, 3.8) is 0 Å². The summed E-state index contributed by atoms with van der Waals surface area (Å²) >= 11 is 6.15. The molecule has 1 saturated carbocycles. The number of piperidine rings is 1. The van der Waals surface area contributed by atoms with Crippen LogP contribution in [0, 0.1) is 0 Å². The van der Waals surface area contributed by atoms with E-state index in [1.807, 2.05) is 17.0 Å². The average Bonchev–Trinajstić information content (AvgIpc) is 3.25. The summed E-state index contributed by atoms with van der Waals surface area (Å²) in [6.45, 7) is 0.754. The van der Waals surface area contributed by atoms with Crippen LogP contribution in [0.1, 0.15) is 25.7 Å². The normalized spacial score (nSPS) is 23.0. The number of hydrogen-bond acceptors (Lipinski definition) is 3. The molecule has 0 radical (unpaired) electrons. The number of carbonyl (C=O) groups is 1. The van der Waals surface area contributed by atoms with Crippen LogP contribution in [0.4, 0.5) is 5.69 Å². The van der Waals surface area contributed by atoms with Gasteiger partial charge in [0, 0.05) is 18.3 Å². The first-order valence-corrected chi connectivity index (χ1v) is 7.48. The molecule has 1 aromatic carbocycles. The van der Waals surface area contributed by atoms with Crippen molar-refractivity contribution < 1.29 is 9.53 Å². The molecule has 0 spiro atoms. The monoisotopic (exact) mass is 294 g/mol. The zero-order valence-corrected chi connectivity index (χ0v) is 12.3. The fourth-order valence-electron chi connectivity index (χ4n) is 2.64. The first-order valence-electron chi connectivity index (χ1n) is 7.10. The quantitative estimate of drug-likeness (QED) is 0.928. The number of anilines is 1. The second-order valence-electron chi connectivity index (χ2n) is 5.44. The zero-order chi connectivity index (χ0) is 14.1. The summed E-state index contributed by atoms with van der Waals surface area (Å²) < 4.78 is 5.15. The number of rotatable bonds is 4. The van der Waals surface area contributed by atoms with Crippen LogP contribution in [0.2, 0.25) is 5.02 Å². The summed E-state index contributed by atoms with van der Waals surface area (Å²) in [6.07, 6.45) is 4.33. The smallest absolute Gasteiger partial charge is 0.244 e. The minimum atomic E-state index is -0.0443. The minimum Gasteiger partial charge on any atom is -0.495 e. The molecule has 1 N–H and O–H groups in total. The van der Waals surface area contributed by atoms with E-state index in [0.29, 0.717) is 16.8 Å². The van der Waals surface area contributed by atoms with E-state index in [1.165, 1.54) is 12.8 Å². The van der Waals surface area contributed by atoms with E-state index in [2.05, 4.69) is 5.32 Å². The highest BCUT2D eigenvalue weighted by Gasteiger charge is 2.34. The summed E-state index contributed by atoms with van der Waals surface area (Å²) in [6, 6.07) is 6.00. The van der Waals surface area contributed by atoms with E-state index < -0.39 is 0 Å². The maximum atomic E-state index is 12.5. The summed E-state index contributed by atoms with van der Waals surface area (Å²) in [5, 5.41) is 3.97. The second kappa shape index (κ2) is 5.62. The van der Waals surface area contributed by atoms with Crippen LogP contribution < -0.4 is 15.0 Å². The van der Waals surface area contributed by atoms with Gasteiger partial charge in [-0.25, -0.2) is 0 Å². The maximum Gasteiger partial charge on any atom is 0.244 e. The molecule has 1 aliphatic carbocycles. The fourth-order valence-corrected chi connectivity index (χ4v) is 2.90. The Morgan fingerprint density at radius 1 is 1.35 bits per heavy atom. The van der Waals surface area contributed by atoms with Crippen molar-refractivity contribution in [3.05, 3.63) is 23.2 Å². The first kappa shape index (κ1) is 13.7. The molecule has 2 aliphatic rings. The molecule has 5 heteroatoms. The molecule has 0 aromatic heterocycles. The van der Waals surface area contributed by atoms with Gasteiger partial charge in [-0.1, -0.05) is 11.6 Å². The standard InChI is InChI=1S/C15H19ClN2O2/c1-20-14-7-6-11(9-12(14)16)18-8-2-3-13(15(18)19)17-10-4-5-10/h6-7,9-10,13,17H,2-5,8H2,1H3. The summed E-state index contributed by atoms with van der Waals surface area (Å²) in [7, 11) is 1.59. The molecular weight excluding hydrogens is 276 g/mol. The van der Waals surface area contributed by atoms with Gasteiger partial charge in [-0.2, -0.15) is 0 Å². The van der Waals surface area contributed by atoms with Crippen LogP contribution in [-0.2, 0) is 4.79 Å². The molecule has 20 heavy (non-hydrogen) atoms. The number of carbonyl (C=O) groups excluding carboxylic acids is 1. The molecule has 1 saturated heterocycles. The Morgan fingerprint density at radius 3 is 2.80 bits per heavy atom. The van der Waals surface area contributed by atoms with Crippen molar-refractivity contribution in [2.24, 2.45) is 0 Å². The summed E-state index contributed by atoms with van der Waals surface area (Å²) in [5.41, 5.74) is 0.850. The lowest BCUT2D eigenvalue weighted by Crippen LogP contribution is -2.51. The third-order valence-corrected chi connectivity index (χ3v) is 4.20. The van der Waals surface area contributed by atoms with Gasteiger partial charge in [0.15, 0.2) is 0 Å². The van der Waals surface area contributed by atoms with E-state index in [4.69, 9.17) is 16.3 Å². The molecule has 3 rings (SSSR count). The molecule has 1 atom stereocenters. The van der Waals surface area contributed by atoms with Crippen LogP contribution in [0.3, 0.4) is 0 Å². The van der Waals surface area contributed by atoms with Crippen molar-refractivity contribution in [1.82, 2.24) is 5.32 Å². The van der Waals surface area contributed by atoms with Crippen molar-refractivity contribution in [3.8, 4) is 5.75 Å². The number of methoxy groups -OCH3 is 1. The van der Waals surface area contributed by atoms with Gasteiger partial charge in [0.05, 0.1) is 18.2 Å². The molecule has 1 aliphatic heterocycles. The molecule has 108 valence electrons. The van der Waals surface area contributed by atoms with Gasteiger partial charge in [-0.05, 0) is 43.9 Å². The highest BCUT2D eigenvalue weighted by atomic mass is 35.5. The van der Waals surface area contributed by atoms with Gasteiger partial charge in [0.1, 0.15) is 5.75 Å². The topological polar surface area (TPSA) is 41.6 Å². The van der Waals surface area contributed by atoms with Gasteiger partial charge in [-0.3, -0.25) is 4.79 Å². The van der Waals surface area contributed by atoms with Crippen LogP contribution in [0.15, 0.2) is 18.2 Å². The van der Waals surface area contributed by atoms with Crippen molar-refractivity contribution in [2.45, 2.75) is 37.8 Å². The molecule has 1 aromatic rings. The lowest BCUT2D eigenvalue weighted by molar-refractivity contribution is -0.121. The van der Waals surface area contributed by atoms with E-state index in [0.717, 1.165) is 25.1 Å². The maximum absolute atomic E-state index is 12.5. The lowest BCUT2D eigenvalue weighted by Gasteiger charge is -2.33. The van der Waals surface area contributed by atoms with Crippen LogP contribution >= 0.6 is 11.6 Å². The number of nitrogens with one attached hydrogen (secondary N) is 1. The molecule has 1 heterocycles. The van der Waals surface area contributed by atoms with Crippen molar-refractivity contribution in [2.75, 3.05) is 18.6 Å². The first-order chi connectivity index (χ1) is 9.69.